The molecule has 0 aromatic carbocycles. The van der Waals surface area contributed by atoms with Gasteiger partial charge in [0.1, 0.15) is 0 Å². The third kappa shape index (κ3) is 10.2. The molecule has 0 aliphatic heterocycles. The summed E-state index contributed by atoms with van der Waals surface area (Å²) in [5, 5.41) is 1.21. The Morgan fingerprint density at radius 2 is 1.44 bits per heavy atom. The summed E-state index contributed by atoms with van der Waals surface area (Å²) in [5.41, 5.74) is 0. The van der Waals surface area contributed by atoms with E-state index in [0.29, 0.717) is 13.1 Å². The summed E-state index contributed by atoms with van der Waals surface area (Å²) >= 11 is 0. The fourth-order valence-corrected chi connectivity index (χ4v) is 2.81. The van der Waals surface area contributed by atoms with Gasteiger partial charge in [-0.1, -0.05) is 26.7 Å². The molecule has 3 N–H and O–H groups in total. The van der Waals surface area contributed by atoms with Crippen molar-refractivity contribution in [1.82, 2.24) is 5.06 Å². The summed E-state index contributed by atoms with van der Waals surface area (Å²) in [6.07, 6.45) is 3.20. The predicted molar refractivity (Wildman–Crippen MR) is 65.4 cm³/mol. The molecule has 18 heavy (non-hydrogen) atoms. The number of phosphoric acid groups is 2. The van der Waals surface area contributed by atoms with Crippen molar-refractivity contribution in [3.8, 4) is 0 Å². The molecular weight excluding hydrogens is 284 g/mol. The van der Waals surface area contributed by atoms with Crippen molar-refractivity contribution in [2.24, 2.45) is 0 Å². The van der Waals surface area contributed by atoms with Gasteiger partial charge < -0.3 is 14.7 Å². The Balaban J connectivity index is 4.43. The molecule has 0 spiro atoms. The van der Waals surface area contributed by atoms with Crippen LogP contribution < -0.4 is 0 Å². The number of unbranched alkanes of at least 4 members (excludes halogenated alkanes) is 2. The first-order chi connectivity index (χ1) is 8.20. The van der Waals surface area contributed by atoms with E-state index >= 15 is 0 Å². The van der Waals surface area contributed by atoms with Gasteiger partial charge in [0, 0.05) is 13.1 Å². The van der Waals surface area contributed by atoms with Gasteiger partial charge in [-0.3, -0.25) is 0 Å². The van der Waals surface area contributed by atoms with Crippen LogP contribution in [0.4, 0.5) is 0 Å². The van der Waals surface area contributed by atoms with Gasteiger partial charge in [0.15, 0.2) is 0 Å². The summed E-state index contributed by atoms with van der Waals surface area (Å²) in [6, 6.07) is 0. The summed E-state index contributed by atoms with van der Waals surface area (Å²) in [5.74, 6) is 0. The predicted octanol–water partition coefficient (Wildman–Crippen LogP) is 2.03. The Labute approximate surface area is 107 Å². The monoisotopic (exact) mass is 305 g/mol. The Kier molecular flexibility index (Phi) is 8.51. The summed E-state index contributed by atoms with van der Waals surface area (Å²) in [6.45, 7) is 4.68. The molecule has 8 nitrogen and oxygen atoms in total. The van der Waals surface area contributed by atoms with Crippen molar-refractivity contribution in [2.75, 3.05) is 13.1 Å². The van der Waals surface area contributed by atoms with Gasteiger partial charge in [-0.2, -0.15) is 14.0 Å². The van der Waals surface area contributed by atoms with Crippen LogP contribution in [0.15, 0.2) is 0 Å². The van der Waals surface area contributed by atoms with E-state index in [1.165, 1.54) is 5.06 Å². The third-order valence-corrected chi connectivity index (χ3v) is 4.06. The molecule has 0 aliphatic rings. The molecule has 0 aromatic rings. The van der Waals surface area contributed by atoms with Crippen molar-refractivity contribution in [1.29, 1.82) is 0 Å². The van der Waals surface area contributed by atoms with Crippen LogP contribution in [0.25, 0.3) is 0 Å². The molecule has 0 rings (SSSR count). The van der Waals surface area contributed by atoms with Gasteiger partial charge in [-0.25, -0.2) is 9.13 Å². The maximum absolute atomic E-state index is 11.3. The molecule has 110 valence electrons. The SMILES string of the molecule is CCCCN(CCCC)OP(=O)(O)OP(=O)(O)O. The van der Waals surface area contributed by atoms with Crippen LogP contribution in [-0.4, -0.2) is 32.8 Å². The van der Waals surface area contributed by atoms with E-state index in [1.54, 1.807) is 0 Å². The van der Waals surface area contributed by atoms with Crippen LogP contribution in [0.5, 0.6) is 0 Å². The number of hydrogen-bond donors (Lipinski definition) is 3. The highest BCUT2D eigenvalue weighted by Gasteiger charge is 2.34. The maximum atomic E-state index is 11.3. The normalized spacial score (nSPS) is 15.9. The van der Waals surface area contributed by atoms with Gasteiger partial charge >= 0.3 is 15.6 Å². The van der Waals surface area contributed by atoms with E-state index in [2.05, 4.69) is 8.94 Å². The van der Waals surface area contributed by atoms with Gasteiger partial charge in [-0.05, 0) is 12.8 Å². The van der Waals surface area contributed by atoms with Gasteiger partial charge in [0.05, 0.1) is 0 Å². The van der Waals surface area contributed by atoms with E-state index in [9.17, 15) is 14.0 Å². The van der Waals surface area contributed by atoms with Crippen LogP contribution in [-0.2, 0) is 18.1 Å². The zero-order valence-corrected chi connectivity index (χ0v) is 12.3. The average Bonchev–Trinajstić information content (AvgIpc) is 2.18. The van der Waals surface area contributed by atoms with Gasteiger partial charge in [0.2, 0.25) is 0 Å². The Hall–Kier alpha value is 0.220. The maximum Gasteiger partial charge on any atom is 0.497 e. The zero-order valence-electron chi connectivity index (χ0n) is 10.6. The van der Waals surface area contributed by atoms with Crippen LogP contribution in [0.3, 0.4) is 0 Å². The van der Waals surface area contributed by atoms with Crippen molar-refractivity contribution in [3.63, 3.8) is 0 Å². The fourth-order valence-electron chi connectivity index (χ4n) is 1.16. The van der Waals surface area contributed by atoms with Crippen LogP contribution in [0.2, 0.25) is 0 Å². The first kappa shape index (κ1) is 18.2. The molecule has 1 atom stereocenters. The summed E-state index contributed by atoms with van der Waals surface area (Å²) < 4.78 is 30.2. The van der Waals surface area contributed by atoms with Crippen LogP contribution in [0, 0.1) is 0 Å². The van der Waals surface area contributed by atoms with Crippen molar-refractivity contribution in [2.45, 2.75) is 39.5 Å². The number of hydrogen-bond acceptors (Lipinski definition) is 5. The molecule has 0 heterocycles. The molecule has 0 amide bonds. The lowest BCUT2D eigenvalue weighted by Gasteiger charge is -2.23. The molecule has 0 saturated carbocycles. The van der Waals surface area contributed by atoms with Crippen LogP contribution >= 0.6 is 15.6 Å². The Morgan fingerprint density at radius 1 is 1.00 bits per heavy atom. The highest BCUT2D eigenvalue weighted by Crippen LogP contribution is 2.57. The fraction of sp³-hybridized carbons (Fsp3) is 1.00. The standard InChI is InChI=1S/C8H21NO7P2/c1-3-5-7-9(8-6-4-2)15-18(13,14)16-17(10,11)12/h3-8H2,1-2H3,(H,13,14)(H2,10,11,12). The molecular formula is C8H21NO7P2. The zero-order chi connectivity index (χ0) is 14.2. The Morgan fingerprint density at radius 3 is 1.78 bits per heavy atom. The minimum atomic E-state index is -5.06. The summed E-state index contributed by atoms with van der Waals surface area (Å²) in [4.78, 5) is 26.1. The minimum absolute atomic E-state index is 0.394. The van der Waals surface area contributed by atoms with Crippen molar-refractivity contribution >= 4 is 15.6 Å². The molecule has 10 heteroatoms. The van der Waals surface area contributed by atoms with E-state index < -0.39 is 15.6 Å². The second kappa shape index (κ2) is 8.40. The minimum Gasteiger partial charge on any atom is -0.302 e. The largest absolute Gasteiger partial charge is 0.497 e. The van der Waals surface area contributed by atoms with Crippen molar-refractivity contribution < 1.29 is 32.7 Å². The first-order valence-corrected chi connectivity index (χ1v) is 8.77. The number of hydroxylamine groups is 2. The van der Waals surface area contributed by atoms with E-state index in [4.69, 9.17) is 9.79 Å². The lowest BCUT2D eigenvalue weighted by Crippen LogP contribution is -2.25. The van der Waals surface area contributed by atoms with E-state index in [0.717, 1.165) is 25.7 Å². The molecule has 0 bridgehead atoms. The second-order valence-corrected chi connectivity index (χ2v) is 6.49. The number of nitrogens with zero attached hydrogens (tertiary/aromatic N) is 1. The topological polar surface area (TPSA) is 117 Å². The van der Waals surface area contributed by atoms with Crippen molar-refractivity contribution in [3.05, 3.63) is 0 Å². The van der Waals surface area contributed by atoms with Gasteiger partial charge in [0.25, 0.3) is 0 Å². The lowest BCUT2D eigenvalue weighted by atomic mass is 10.3. The molecule has 0 radical (unpaired) electrons. The summed E-state index contributed by atoms with van der Waals surface area (Å²) in [7, 11) is -9.85. The van der Waals surface area contributed by atoms with Crippen LogP contribution in [0.1, 0.15) is 39.5 Å². The molecule has 0 aromatic heterocycles. The quantitative estimate of drug-likeness (QED) is 0.414. The third-order valence-electron chi connectivity index (χ3n) is 1.95. The smallest absolute Gasteiger partial charge is 0.302 e. The Bertz CT molecular complexity index is 311. The molecule has 1 unspecified atom stereocenters. The number of rotatable bonds is 10. The highest BCUT2D eigenvalue weighted by molar-refractivity contribution is 7.60. The average molecular weight is 305 g/mol. The molecule has 0 saturated heterocycles. The van der Waals surface area contributed by atoms with E-state index in [1.807, 2.05) is 13.8 Å². The highest BCUT2D eigenvalue weighted by atomic mass is 31.3. The van der Waals surface area contributed by atoms with E-state index in [-0.39, 0.29) is 0 Å². The van der Waals surface area contributed by atoms with Gasteiger partial charge in [-0.15, -0.1) is 0 Å². The lowest BCUT2D eigenvalue weighted by molar-refractivity contribution is -0.0817. The first-order valence-electron chi connectivity index (χ1n) is 5.74. The second-order valence-electron chi connectivity index (χ2n) is 3.76. The molecule has 0 fully saturated rings. The molecule has 0 aliphatic carbocycles.